The Bertz CT molecular complexity index is 737. The third-order valence-electron chi connectivity index (χ3n) is 4.81. The molecule has 2 nitrogen and oxygen atoms in total. The molecule has 0 saturated carbocycles. The first-order valence-corrected chi connectivity index (χ1v) is 7.70. The summed E-state index contributed by atoms with van der Waals surface area (Å²) in [6, 6.07) is 14.3. The second kappa shape index (κ2) is 4.35. The smallest absolute Gasteiger partial charge is 0.255 e. The molecule has 106 valence electrons. The first kappa shape index (κ1) is 12.9. The molecule has 3 heteroatoms. The molecule has 2 aromatic rings. The second-order valence-electron chi connectivity index (χ2n) is 5.98. The predicted octanol–water partition coefficient (Wildman–Crippen LogP) is 4.14. The van der Waals surface area contributed by atoms with Crippen LogP contribution in [0.1, 0.15) is 39.9 Å². The minimum absolute atomic E-state index is 0.116. The maximum Gasteiger partial charge on any atom is 0.255 e. The summed E-state index contributed by atoms with van der Waals surface area (Å²) in [5, 5.41) is 0.627. The van der Waals surface area contributed by atoms with Crippen LogP contribution in [0.25, 0.3) is 0 Å². The van der Waals surface area contributed by atoms with Gasteiger partial charge in [-0.05, 0) is 43.0 Å². The van der Waals surface area contributed by atoms with Crippen LogP contribution in [0.2, 0.25) is 5.02 Å². The van der Waals surface area contributed by atoms with Gasteiger partial charge in [-0.3, -0.25) is 4.79 Å². The van der Waals surface area contributed by atoms with Crippen molar-refractivity contribution in [1.29, 1.82) is 0 Å². The standard InChI is InChI=1S/C18H16ClNO/c1-12-3-5-13(6-4-12)18-9-2-10-20(18)17(21)15-11-14(19)7-8-16(15)18/h3-8,11H,2,9-10H2,1H3. The SMILES string of the molecule is Cc1ccc(C23CCCN2C(=O)c2cc(Cl)ccc23)cc1. The van der Waals surface area contributed by atoms with E-state index in [-0.39, 0.29) is 11.4 Å². The fourth-order valence-corrected chi connectivity index (χ4v) is 4.03. The largest absolute Gasteiger partial charge is 0.325 e. The molecule has 1 saturated heterocycles. The Hall–Kier alpha value is -1.80. The van der Waals surface area contributed by atoms with Crippen LogP contribution in [0.15, 0.2) is 42.5 Å². The Morgan fingerprint density at radius 2 is 1.90 bits per heavy atom. The van der Waals surface area contributed by atoms with Crippen LogP contribution in [-0.4, -0.2) is 17.4 Å². The molecule has 2 aromatic carbocycles. The van der Waals surface area contributed by atoms with Crippen LogP contribution >= 0.6 is 11.6 Å². The Labute approximate surface area is 129 Å². The van der Waals surface area contributed by atoms with Crippen molar-refractivity contribution in [2.24, 2.45) is 0 Å². The molecule has 2 aliphatic heterocycles. The van der Waals surface area contributed by atoms with Gasteiger partial charge in [0, 0.05) is 17.1 Å². The van der Waals surface area contributed by atoms with E-state index in [4.69, 9.17) is 11.6 Å². The second-order valence-corrected chi connectivity index (χ2v) is 6.41. The molecule has 1 amide bonds. The maximum absolute atomic E-state index is 12.7. The molecule has 0 radical (unpaired) electrons. The summed E-state index contributed by atoms with van der Waals surface area (Å²) >= 11 is 6.09. The number of fused-ring (bicyclic) bond motifs is 3. The lowest BCUT2D eigenvalue weighted by Crippen LogP contribution is -2.39. The summed E-state index contributed by atoms with van der Waals surface area (Å²) < 4.78 is 0. The van der Waals surface area contributed by atoms with Crippen LogP contribution in [0.3, 0.4) is 0 Å². The molecule has 1 unspecified atom stereocenters. The van der Waals surface area contributed by atoms with Gasteiger partial charge in [-0.25, -0.2) is 0 Å². The number of carbonyl (C=O) groups is 1. The van der Waals surface area contributed by atoms with Crippen molar-refractivity contribution in [2.45, 2.75) is 25.3 Å². The molecule has 0 bridgehead atoms. The topological polar surface area (TPSA) is 20.3 Å². The minimum atomic E-state index is -0.287. The summed E-state index contributed by atoms with van der Waals surface area (Å²) in [6.07, 6.45) is 2.03. The number of hydrogen-bond acceptors (Lipinski definition) is 1. The highest BCUT2D eigenvalue weighted by Gasteiger charge is 2.53. The van der Waals surface area contributed by atoms with Crippen molar-refractivity contribution >= 4 is 17.5 Å². The summed E-state index contributed by atoms with van der Waals surface area (Å²) in [4.78, 5) is 14.8. The molecule has 0 spiro atoms. The van der Waals surface area contributed by atoms with Crippen molar-refractivity contribution < 1.29 is 4.79 Å². The Morgan fingerprint density at radius 1 is 1.14 bits per heavy atom. The molecule has 0 aliphatic carbocycles. The van der Waals surface area contributed by atoms with E-state index in [0.717, 1.165) is 30.5 Å². The van der Waals surface area contributed by atoms with Crippen molar-refractivity contribution in [3.05, 3.63) is 69.7 Å². The molecule has 0 aromatic heterocycles. The van der Waals surface area contributed by atoms with Crippen molar-refractivity contribution in [1.82, 2.24) is 4.90 Å². The number of aryl methyl sites for hydroxylation is 1. The van der Waals surface area contributed by atoms with Gasteiger partial charge in [0.1, 0.15) is 0 Å². The Kier molecular flexibility index (Phi) is 2.67. The van der Waals surface area contributed by atoms with Gasteiger partial charge < -0.3 is 4.90 Å². The normalized spacial score (nSPS) is 23.3. The van der Waals surface area contributed by atoms with Gasteiger partial charge in [-0.15, -0.1) is 0 Å². The average Bonchev–Trinajstić information content (AvgIpc) is 3.00. The van der Waals surface area contributed by atoms with Crippen molar-refractivity contribution in [2.75, 3.05) is 6.54 Å². The first-order chi connectivity index (χ1) is 10.1. The number of halogens is 1. The number of benzene rings is 2. The van der Waals surface area contributed by atoms with Crippen molar-refractivity contribution in [3.8, 4) is 0 Å². The molecule has 2 aliphatic rings. The van der Waals surface area contributed by atoms with Crippen molar-refractivity contribution in [3.63, 3.8) is 0 Å². The van der Waals surface area contributed by atoms with E-state index in [1.807, 2.05) is 23.1 Å². The lowest BCUT2D eigenvalue weighted by molar-refractivity contribution is 0.0711. The third-order valence-corrected chi connectivity index (χ3v) is 5.05. The van der Waals surface area contributed by atoms with Gasteiger partial charge in [0.25, 0.3) is 5.91 Å². The summed E-state index contributed by atoms with van der Waals surface area (Å²) in [6.45, 7) is 2.90. The highest BCUT2D eigenvalue weighted by Crippen LogP contribution is 2.51. The lowest BCUT2D eigenvalue weighted by Gasteiger charge is -2.33. The van der Waals surface area contributed by atoms with E-state index in [0.29, 0.717) is 5.02 Å². The van der Waals surface area contributed by atoms with Gasteiger partial charge >= 0.3 is 0 Å². The molecule has 4 rings (SSSR count). The van der Waals surface area contributed by atoms with Gasteiger partial charge in [-0.1, -0.05) is 47.5 Å². The highest BCUT2D eigenvalue weighted by atomic mass is 35.5. The number of hydrogen-bond donors (Lipinski definition) is 0. The van der Waals surface area contributed by atoms with Crippen LogP contribution in [0.4, 0.5) is 0 Å². The molecule has 0 N–H and O–H groups in total. The number of rotatable bonds is 1. The molecular weight excluding hydrogens is 282 g/mol. The van der Waals surface area contributed by atoms with Crippen LogP contribution < -0.4 is 0 Å². The summed E-state index contributed by atoms with van der Waals surface area (Å²) in [5.41, 5.74) is 4.03. The minimum Gasteiger partial charge on any atom is -0.325 e. The zero-order valence-electron chi connectivity index (χ0n) is 11.9. The van der Waals surface area contributed by atoms with E-state index < -0.39 is 0 Å². The first-order valence-electron chi connectivity index (χ1n) is 7.32. The summed E-state index contributed by atoms with van der Waals surface area (Å²) in [5.74, 6) is 0.116. The quantitative estimate of drug-likeness (QED) is 0.774. The highest BCUT2D eigenvalue weighted by molar-refractivity contribution is 6.31. The number of carbonyl (C=O) groups excluding carboxylic acids is 1. The molecule has 2 heterocycles. The molecule has 21 heavy (non-hydrogen) atoms. The predicted molar refractivity (Wildman–Crippen MR) is 83.7 cm³/mol. The van der Waals surface area contributed by atoms with Gasteiger partial charge in [-0.2, -0.15) is 0 Å². The molecule has 1 fully saturated rings. The Morgan fingerprint density at radius 3 is 2.67 bits per heavy atom. The van der Waals surface area contributed by atoms with E-state index in [1.54, 1.807) is 0 Å². The van der Waals surface area contributed by atoms with Crippen LogP contribution in [0.5, 0.6) is 0 Å². The van der Waals surface area contributed by atoms with Crippen LogP contribution in [0, 0.1) is 6.92 Å². The zero-order valence-corrected chi connectivity index (χ0v) is 12.7. The maximum atomic E-state index is 12.7. The zero-order chi connectivity index (χ0) is 14.6. The molecule has 1 atom stereocenters. The number of nitrogens with zero attached hydrogens (tertiary/aromatic N) is 1. The average molecular weight is 298 g/mol. The fraction of sp³-hybridized carbons (Fsp3) is 0.278. The lowest BCUT2D eigenvalue weighted by atomic mass is 9.81. The van der Waals surface area contributed by atoms with E-state index in [1.165, 1.54) is 11.1 Å². The summed E-state index contributed by atoms with van der Waals surface area (Å²) in [7, 11) is 0. The van der Waals surface area contributed by atoms with Gasteiger partial charge in [0.15, 0.2) is 0 Å². The third kappa shape index (κ3) is 1.63. The monoisotopic (exact) mass is 297 g/mol. The molecular formula is C18H16ClNO. The van der Waals surface area contributed by atoms with Crippen LogP contribution in [-0.2, 0) is 5.54 Å². The fourth-order valence-electron chi connectivity index (χ4n) is 3.86. The van der Waals surface area contributed by atoms with E-state index >= 15 is 0 Å². The Balaban J connectivity index is 1.98. The van der Waals surface area contributed by atoms with Gasteiger partial charge in [0.05, 0.1) is 5.54 Å². The van der Waals surface area contributed by atoms with Gasteiger partial charge in [0.2, 0.25) is 0 Å². The van der Waals surface area contributed by atoms with E-state index in [9.17, 15) is 4.79 Å². The number of amides is 1. The van der Waals surface area contributed by atoms with E-state index in [2.05, 4.69) is 31.2 Å².